The summed E-state index contributed by atoms with van der Waals surface area (Å²) in [7, 11) is 0. The van der Waals surface area contributed by atoms with Crippen molar-refractivity contribution >= 4 is 17.8 Å². The second-order valence-electron chi connectivity index (χ2n) is 5.31. The Morgan fingerprint density at radius 1 is 1.16 bits per heavy atom. The molecule has 2 aliphatic rings. The van der Waals surface area contributed by atoms with Gasteiger partial charge < -0.3 is 14.9 Å². The van der Waals surface area contributed by atoms with Crippen LogP contribution >= 0.6 is 0 Å². The highest BCUT2D eigenvalue weighted by Crippen LogP contribution is 2.21. The number of carboxylic acid groups (broad SMARTS) is 1. The van der Waals surface area contributed by atoms with Gasteiger partial charge in [0.2, 0.25) is 11.8 Å². The van der Waals surface area contributed by atoms with Crippen molar-refractivity contribution in [3.05, 3.63) is 0 Å². The highest BCUT2D eigenvalue weighted by Gasteiger charge is 2.37. The van der Waals surface area contributed by atoms with Crippen LogP contribution in [0.15, 0.2) is 0 Å². The molecule has 0 saturated carbocycles. The van der Waals surface area contributed by atoms with E-state index in [0.717, 1.165) is 38.8 Å². The lowest BCUT2D eigenvalue weighted by molar-refractivity contribution is -0.142. The van der Waals surface area contributed by atoms with Gasteiger partial charge in [0.1, 0.15) is 6.54 Å². The Bertz CT molecular complexity index is 375. The summed E-state index contributed by atoms with van der Waals surface area (Å²) >= 11 is 0. The predicted octanol–water partition coefficient (Wildman–Crippen LogP) is 0.322. The Labute approximate surface area is 112 Å². The van der Waals surface area contributed by atoms with Crippen LogP contribution in [0.3, 0.4) is 0 Å². The molecule has 0 aromatic rings. The lowest BCUT2D eigenvalue weighted by Gasteiger charge is -2.23. The van der Waals surface area contributed by atoms with Gasteiger partial charge in [-0.2, -0.15) is 0 Å². The summed E-state index contributed by atoms with van der Waals surface area (Å²) in [6, 6.07) is 0. The van der Waals surface area contributed by atoms with Crippen molar-refractivity contribution in [2.24, 2.45) is 5.92 Å². The molecule has 0 aliphatic carbocycles. The Morgan fingerprint density at radius 2 is 1.79 bits per heavy atom. The number of amides is 2. The zero-order valence-corrected chi connectivity index (χ0v) is 11.0. The van der Waals surface area contributed by atoms with Gasteiger partial charge in [0.15, 0.2) is 0 Å². The number of nitrogens with zero attached hydrogens (tertiary/aromatic N) is 2. The van der Waals surface area contributed by atoms with Gasteiger partial charge in [-0.15, -0.1) is 0 Å². The highest BCUT2D eigenvalue weighted by molar-refractivity contribution is 5.90. The van der Waals surface area contributed by atoms with Crippen molar-refractivity contribution in [2.75, 3.05) is 26.2 Å². The third-order valence-corrected chi connectivity index (χ3v) is 3.81. The maximum Gasteiger partial charge on any atom is 0.323 e. The fourth-order valence-electron chi connectivity index (χ4n) is 2.80. The molecule has 106 valence electrons. The molecule has 0 aromatic heterocycles. The van der Waals surface area contributed by atoms with E-state index < -0.39 is 5.97 Å². The molecule has 2 aliphatic heterocycles. The highest BCUT2D eigenvalue weighted by atomic mass is 16.4. The molecule has 6 heteroatoms. The molecular formula is C13H20N2O4. The monoisotopic (exact) mass is 268 g/mol. The maximum atomic E-state index is 12.3. The van der Waals surface area contributed by atoms with Gasteiger partial charge in [0.05, 0.1) is 5.92 Å². The summed E-state index contributed by atoms with van der Waals surface area (Å²) in [6.45, 7) is 1.48. The molecule has 2 rings (SSSR count). The molecule has 1 unspecified atom stereocenters. The van der Waals surface area contributed by atoms with E-state index in [-0.39, 0.29) is 37.2 Å². The number of aliphatic carboxylic acids is 1. The molecule has 2 heterocycles. The van der Waals surface area contributed by atoms with Crippen molar-refractivity contribution in [3.8, 4) is 0 Å². The second kappa shape index (κ2) is 6.04. The first-order chi connectivity index (χ1) is 9.08. The summed E-state index contributed by atoms with van der Waals surface area (Å²) < 4.78 is 0. The van der Waals surface area contributed by atoms with E-state index >= 15 is 0 Å². The van der Waals surface area contributed by atoms with E-state index in [4.69, 9.17) is 5.11 Å². The molecule has 0 aromatic carbocycles. The Hall–Kier alpha value is -1.59. The van der Waals surface area contributed by atoms with E-state index in [2.05, 4.69) is 0 Å². The summed E-state index contributed by atoms with van der Waals surface area (Å²) in [4.78, 5) is 37.7. The molecule has 0 radical (unpaired) electrons. The summed E-state index contributed by atoms with van der Waals surface area (Å²) in [6.07, 6.45) is 4.50. The van der Waals surface area contributed by atoms with Gasteiger partial charge in [-0.25, -0.2) is 0 Å². The average molecular weight is 268 g/mol. The van der Waals surface area contributed by atoms with E-state index in [1.807, 2.05) is 4.90 Å². The quantitative estimate of drug-likeness (QED) is 0.799. The van der Waals surface area contributed by atoms with Gasteiger partial charge in [-0.05, 0) is 12.8 Å². The van der Waals surface area contributed by atoms with Crippen LogP contribution in [0.4, 0.5) is 0 Å². The lowest BCUT2D eigenvalue weighted by Crippen LogP contribution is -2.38. The van der Waals surface area contributed by atoms with E-state index in [1.165, 1.54) is 4.90 Å². The standard InChI is InChI=1S/C13H20N2O4/c16-11-7-10(8-15(11)9-12(17)18)13(19)14-5-3-1-2-4-6-14/h10H,1-9H2,(H,17,18). The Balaban J connectivity index is 1.93. The predicted molar refractivity (Wildman–Crippen MR) is 67.4 cm³/mol. The van der Waals surface area contributed by atoms with Gasteiger partial charge in [-0.1, -0.05) is 12.8 Å². The van der Waals surface area contributed by atoms with Gasteiger partial charge in [0.25, 0.3) is 0 Å². The minimum Gasteiger partial charge on any atom is -0.480 e. The Kier molecular flexibility index (Phi) is 4.39. The molecule has 1 N–H and O–H groups in total. The van der Waals surface area contributed by atoms with Crippen LogP contribution in [-0.2, 0) is 14.4 Å². The zero-order chi connectivity index (χ0) is 13.8. The topological polar surface area (TPSA) is 77.9 Å². The number of hydrogen-bond donors (Lipinski definition) is 1. The molecule has 0 bridgehead atoms. The van der Waals surface area contributed by atoms with Crippen LogP contribution in [0.2, 0.25) is 0 Å². The van der Waals surface area contributed by atoms with Crippen LogP contribution in [-0.4, -0.2) is 58.9 Å². The molecule has 2 amide bonds. The normalized spacial score (nSPS) is 24.4. The van der Waals surface area contributed by atoms with Crippen LogP contribution in [0, 0.1) is 5.92 Å². The smallest absolute Gasteiger partial charge is 0.323 e. The van der Waals surface area contributed by atoms with Crippen molar-refractivity contribution in [1.82, 2.24) is 9.80 Å². The first-order valence-electron chi connectivity index (χ1n) is 6.86. The van der Waals surface area contributed by atoms with Gasteiger partial charge in [-0.3, -0.25) is 14.4 Å². The van der Waals surface area contributed by atoms with E-state index in [9.17, 15) is 14.4 Å². The number of carbonyl (C=O) groups is 3. The molecule has 2 saturated heterocycles. The Morgan fingerprint density at radius 3 is 2.37 bits per heavy atom. The van der Waals surface area contributed by atoms with Crippen LogP contribution in [0.1, 0.15) is 32.1 Å². The molecule has 0 spiro atoms. The number of rotatable bonds is 3. The third-order valence-electron chi connectivity index (χ3n) is 3.81. The maximum absolute atomic E-state index is 12.3. The number of carboxylic acids is 1. The number of hydrogen-bond acceptors (Lipinski definition) is 3. The van der Waals surface area contributed by atoms with Crippen molar-refractivity contribution in [2.45, 2.75) is 32.1 Å². The molecule has 19 heavy (non-hydrogen) atoms. The van der Waals surface area contributed by atoms with Crippen LogP contribution < -0.4 is 0 Å². The molecule has 1 atom stereocenters. The molecular weight excluding hydrogens is 248 g/mol. The van der Waals surface area contributed by atoms with E-state index in [0.29, 0.717) is 0 Å². The van der Waals surface area contributed by atoms with Crippen molar-refractivity contribution in [3.63, 3.8) is 0 Å². The van der Waals surface area contributed by atoms with Crippen LogP contribution in [0.25, 0.3) is 0 Å². The van der Waals surface area contributed by atoms with Crippen molar-refractivity contribution in [1.29, 1.82) is 0 Å². The second-order valence-corrected chi connectivity index (χ2v) is 5.31. The first kappa shape index (κ1) is 13.8. The minimum atomic E-state index is -1.03. The lowest BCUT2D eigenvalue weighted by atomic mass is 10.1. The summed E-state index contributed by atoms with van der Waals surface area (Å²) in [5.41, 5.74) is 0. The fourth-order valence-corrected chi connectivity index (χ4v) is 2.80. The van der Waals surface area contributed by atoms with E-state index in [1.54, 1.807) is 0 Å². The molecule has 6 nitrogen and oxygen atoms in total. The molecule has 2 fully saturated rings. The minimum absolute atomic E-state index is 0.0168. The SMILES string of the molecule is O=C(O)CN1CC(C(=O)N2CCCCCC2)CC1=O. The number of likely N-dealkylation sites (tertiary alicyclic amines) is 2. The number of carbonyl (C=O) groups excluding carboxylic acids is 2. The zero-order valence-electron chi connectivity index (χ0n) is 11.0. The fraction of sp³-hybridized carbons (Fsp3) is 0.769. The third kappa shape index (κ3) is 3.45. The average Bonchev–Trinajstić information content (AvgIpc) is 2.58. The first-order valence-corrected chi connectivity index (χ1v) is 6.86. The summed E-state index contributed by atoms with van der Waals surface area (Å²) in [5, 5.41) is 8.71. The van der Waals surface area contributed by atoms with Crippen molar-refractivity contribution < 1.29 is 19.5 Å². The largest absolute Gasteiger partial charge is 0.480 e. The van der Waals surface area contributed by atoms with Crippen LogP contribution in [0.5, 0.6) is 0 Å². The van der Waals surface area contributed by atoms with Gasteiger partial charge >= 0.3 is 5.97 Å². The summed E-state index contributed by atoms with van der Waals surface area (Å²) in [5.74, 6) is -1.60. The van der Waals surface area contributed by atoms with Gasteiger partial charge in [0, 0.05) is 26.1 Å².